The van der Waals surface area contributed by atoms with E-state index in [-0.39, 0.29) is 5.91 Å². The summed E-state index contributed by atoms with van der Waals surface area (Å²) >= 11 is 0. The van der Waals surface area contributed by atoms with Gasteiger partial charge in [-0.2, -0.15) is 0 Å². The largest absolute Gasteiger partial charge is 0.351 e. The van der Waals surface area contributed by atoms with E-state index in [1.165, 1.54) is 12.3 Å². The second-order valence-electron chi connectivity index (χ2n) is 6.73. The van der Waals surface area contributed by atoms with Crippen molar-refractivity contribution in [1.29, 1.82) is 0 Å². The Morgan fingerprint density at radius 3 is 3.00 bits per heavy atom. The number of amides is 1. The number of aryl methyl sites for hydroxylation is 1. The van der Waals surface area contributed by atoms with Crippen molar-refractivity contribution < 1.29 is 9.18 Å². The number of rotatable bonds is 4. The zero-order chi connectivity index (χ0) is 18.3. The standard InChI is InChI=1S/C19H20FN5O/c1-24(2)8-7-21-19(26)14-10-12-9-13(20)11-22-17(12)25-16-6-4-3-5-15(16)23-18(14)25/h3,5,9-11H,4,6-8H2,1-2H3,(H,21,26). The van der Waals surface area contributed by atoms with Gasteiger partial charge in [0.25, 0.3) is 5.91 Å². The van der Waals surface area contributed by atoms with Crippen LogP contribution in [-0.4, -0.2) is 52.4 Å². The number of hydrogen-bond donors (Lipinski definition) is 1. The first kappa shape index (κ1) is 16.7. The van der Waals surface area contributed by atoms with Crippen molar-refractivity contribution >= 4 is 28.7 Å². The van der Waals surface area contributed by atoms with E-state index in [1.807, 2.05) is 29.5 Å². The second-order valence-corrected chi connectivity index (χ2v) is 6.73. The van der Waals surface area contributed by atoms with E-state index in [2.05, 4.69) is 21.4 Å². The van der Waals surface area contributed by atoms with Crippen molar-refractivity contribution in [3.05, 3.63) is 47.2 Å². The number of nitrogens with one attached hydrogen (secondary N) is 1. The Morgan fingerprint density at radius 2 is 2.19 bits per heavy atom. The molecule has 3 heterocycles. The molecule has 0 spiro atoms. The lowest BCUT2D eigenvalue weighted by Gasteiger charge is -2.12. The van der Waals surface area contributed by atoms with Gasteiger partial charge in [-0.05, 0) is 45.1 Å². The van der Waals surface area contributed by atoms with Gasteiger partial charge >= 0.3 is 0 Å². The molecule has 0 atom stereocenters. The molecule has 3 aromatic heterocycles. The maximum absolute atomic E-state index is 13.7. The third-order valence-corrected chi connectivity index (χ3v) is 4.53. The number of nitrogens with zero attached hydrogens (tertiary/aromatic N) is 4. The molecular weight excluding hydrogens is 333 g/mol. The molecule has 134 valence electrons. The number of carbonyl (C=O) groups is 1. The van der Waals surface area contributed by atoms with Gasteiger partial charge in [-0.15, -0.1) is 0 Å². The van der Waals surface area contributed by atoms with E-state index < -0.39 is 5.82 Å². The first-order chi connectivity index (χ1) is 12.5. The summed E-state index contributed by atoms with van der Waals surface area (Å²) in [6.07, 6.45) is 6.95. The van der Waals surface area contributed by atoms with Gasteiger partial charge < -0.3 is 10.2 Å². The Hall–Kier alpha value is -2.80. The summed E-state index contributed by atoms with van der Waals surface area (Å²) in [5.74, 6) is -0.640. The quantitative estimate of drug-likeness (QED) is 0.782. The Labute approximate surface area is 150 Å². The Bertz CT molecular complexity index is 1040. The molecule has 1 aliphatic rings. The van der Waals surface area contributed by atoms with Gasteiger partial charge in [0.05, 0.1) is 23.1 Å². The highest BCUT2D eigenvalue weighted by Crippen LogP contribution is 2.27. The smallest absolute Gasteiger partial charge is 0.255 e. The molecular formula is C19H20FN5O. The lowest BCUT2D eigenvalue weighted by atomic mass is 10.1. The Morgan fingerprint density at radius 1 is 1.35 bits per heavy atom. The fourth-order valence-electron chi connectivity index (χ4n) is 3.28. The van der Waals surface area contributed by atoms with Gasteiger partial charge in [0, 0.05) is 18.5 Å². The van der Waals surface area contributed by atoms with Crippen LogP contribution < -0.4 is 5.32 Å². The average Bonchev–Trinajstić information content (AvgIpc) is 3.00. The maximum atomic E-state index is 13.7. The topological polar surface area (TPSA) is 62.5 Å². The predicted octanol–water partition coefficient (Wildman–Crippen LogP) is 2.27. The van der Waals surface area contributed by atoms with Crippen LogP contribution >= 0.6 is 0 Å². The van der Waals surface area contributed by atoms with Gasteiger partial charge in [0.2, 0.25) is 0 Å². The third kappa shape index (κ3) is 2.84. The molecule has 1 amide bonds. The highest BCUT2D eigenvalue weighted by Gasteiger charge is 2.21. The number of carbonyl (C=O) groups excluding carboxylic acids is 1. The SMILES string of the molecule is CN(C)CCNC(=O)c1cc2cc(F)cnc2n2c3c(nc12)C=CCC3. The Balaban J connectivity index is 1.89. The average molecular weight is 353 g/mol. The summed E-state index contributed by atoms with van der Waals surface area (Å²) in [4.78, 5) is 23.7. The van der Waals surface area contributed by atoms with Crippen LogP contribution in [0.1, 0.15) is 28.2 Å². The summed E-state index contributed by atoms with van der Waals surface area (Å²) in [7, 11) is 3.90. The van der Waals surface area contributed by atoms with Crippen LogP contribution in [0.15, 0.2) is 24.4 Å². The first-order valence-corrected chi connectivity index (χ1v) is 8.63. The van der Waals surface area contributed by atoms with E-state index in [0.29, 0.717) is 28.8 Å². The van der Waals surface area contributed by atoms with Gasteiger partial charge in [-0.1, -0.05) is 6.08 Å². The fraction of sp³-hybridized carbons (Fsp3) is 0.316. The molecule has 1 aliphatic carbocycles. The maximum Gasteiger partial charge on any atom is 0.255 e. The minimum atomic E-state index is -0.426. The molecule has 0 aromatic carbocycles. The van der Waals surface area contributed by atoms with Crippen LogP contribution in [0.3, 0.4) is 0 Å². The van der Waals surface area contributed by atoms with Gasteiger partial charge in [-0.25, -0.2) is 14.4 Å². The predicted molar refractivity (Wildman–Crippen MR) is 98.7 cm³/mol. The monoisotopic (exact) mass is 353 g/mol. The molecule has 0 saturated carbocycles. The highest BCUT2D eigenvalue weighted by molar-refractivity contribution is 6.03. The molecule has 7 heteroatoms. The van der Waals surface area contributed by atoms with Crippen LogP contribution in [0.5, 0.6) is 0 Å². The van der Waals surface area contributed by atoms with Crippen molar-refractivity contribution in [1.82, 2.24) is 24.6 Å². The summed E-state index contributed by atoms with van der Waals surface area (Å²) < 4.78 is 15.6. The number of fused-ring (bicyclic) bond motifs is 5. The molecule has 0 fully saturated rings. The molecule has 0 aliphatic heterocycles. The summed E-state index contributed by atoms with van der Waals surface area (Å²) in [5.41, 5.74) is 3.48. The molecule has 0 saturated heterocycles. The molecule has 4 rings (SSSR count). The number of aromatic nitrogens is 3. The van der Waals surface area contributed by atoms with Crippen LogP contribution in [0.2, 0.25) is 0 Å². The van der Waals surface area contributed by atoms with Gasteiger partial charge in [0.1, 0.15) is 11.5 Å². The lowest BCUT2D eigenvalue weighted by molar-refractivity contribution is 0.0952. The first-order valence-electron chi connectivity index (χ1n) is 8.63. The Kier molecular flexibility index (Phi) is 4.16. The van der Waals surface area contributed by atoms with Gasteiger partial charge in [0.15, 0.2) is 5.65 Å². The number of halogens is 1. The van der Waals surface area contributed by atoms with Crippen LogP contribution in [0.4, 0.5) is 4.39 Å². The van der Waals surface area contributed by atoms with E-state index in [9.17, 15) is 9.18 Å². The zero-order valence-electron chi connectivity index (χ0n) is 14.8. The molecule has 0 bridgehead atoms. The van der Waals surface area contributed by atoms with E-state index in [1.54, 1.807) is 6.07 Å². The van der Waals surface area contributed by atoms with Crippen molar-refractivity contribution in [2.24, 2.45) is 0 Å². The molecule has 0 unspecified atom stereocenters. The van der Waals surface area contributed by atoms with Crippen molar-refractivity contribution in [2.75, 3.05) is 27.2 Å². The molecule has 26 heavy (non-hydrogen) atoms. The van der Waals surface area contributed by atoms with Gasteiger partial charge in [-0.3, -0.25) is 9.20 Å². The molecule has 6 nitrogen and oxygen atoms in total. The van der Waals surface area contributed by atoms with Crippen molar-refractivity contribution in [2.45, 2.75) is 12.8 Å². The summed E-state index contributed by atoms with van der Waals surface area (Å²) in [6.45, 7) is 1.26. The molecule has 1 N–H and O–H groups in total. The van der Waals surface area contributed by atoms with E-state index in [0.717, 1.165) is 30.8 Å². The summed E-state index contributed by atoms with van der Waals surface area (Å²) in [6, 6.07) is 3.08. The number of allylic oxidation sites excluding steroid dienone is 1. The normalized spacial score (nSPS) is 13.5. The molecule has 0 radical (unpaired) electrons. The van der Waals surface area contributed by atoms with Crippen molar-refractivity contribution in [3.63, 3.8) is 0 Å². The van der Waals surface area contributed by atoms with Crippen LogP contribution in [0, 0.1) is 5.82 Å². The highest BCUT2D eigenvalue weighted by atomic mass is 19.1. The third-order valence-electron chi connectivity index (χ3n) is 4.53. The molecule has 3 aromatic rings. The minimum Gasteiger partial charge on any atom is -0.351 e. The summed E-state index contributed by atoms with van der Waals surface area (Å²) in [5, 5.41) is 3.50. The lowest BCUT2D eigenvalue weighted by Crippen LogP contribution is -2.31. The van der Waals surface area contributed by atoms with E-state index >= 15 is 0 Å². The van der Waals surface area contributed by atoms with Crippen LogP contribution in [-0.2, 0) is 6.42 Å². The minimum absolute atomic E-state index is 0.214. The number of pyridine rings is 2. The number of imidazole rings is 1. The van der Waals surface area contributed by atoms with E-state index in [4.69, 9.17) is 0 Å². The number of likely N-dealkylation sites (N-methyl/N-ethyl adjacent to an activating group) is 1. The second kappa shape index (κ2) is 6.49. The number of hydrogen-bond acceptors (Lipinski definition) is 4. The zero-order valence-corrected chi connectivity index (χ0v) is 14.8. The fourth-order valence-corrected chi connectivity index (χ4v) is 3.28. The van der Waals surface area contributed by atoms with Crippen molar-refractivity contribution in [3.8, 4) is 0 Å². The van der Waals surface area contributed by atoms with Crippen LogP contribution in [0.25, 0.3) is 22.8 Å².